The summed E-state index contributed by atoms with van der Waals surface area (Å²) in [6.45, 7) is -0.0270. The second-order valence-corrected chi connectivity index (χ2v) is 6.79. The van der Waals surface area contributed by atoms with Gasteiger partial charge in [0.05, 0.1) is 10.6 Å². The third-order valence-electron chi connectivity index (χ3n) is 4.42. The number of carbonyl (C=O) groups excluding carboxylic acids is 1. The Morgan fingerprint density at radius 2 is 1.86 bits per heavy atom. The molecule has 0 saturated heterocycles. The zero-order valence-corrected chi connectivity index (χ0v) is 16.0. The van der Waals surface area contributed by atoms with Crippen LogP contribution in [0, 0.1) is 5.82 Å². The van der Waals surface area contributed by atoms with E-state index in [2.05, 4.69) is 0 Å². The van der Waals surface area contributed by atoms with E-state index < -0.39 is 5.82 Å². The maximum atomic E-state index is 13.9. The van der Waals surface area contributed by atoms with E-state index in [9.17, 15) is 9.18 Å². The van der Waals surface area contributed by atoms with Crippen molar-refractivity contribution in [3.63, 3.8) is 0 Å². The van der Waals surface area contributed by atoms with E-state index in [1.54, 1.807) is 36.4 Å². The van der Waals surface area contributed by atoms with Crippen molar-refractivity contribution in [3.8, 4) is 11.5 Å². The van der Waals surface area contributed by atoms with Crippen LogP contribution in [0.25, 0.3) is 6.08 Å². The third-order valence-corrected chi connectivity index (χ3v) is 4.78. The number of Topliss-reactive ketones (excluding diaryl/α,β-unsaturated/α-hetero) is 1. The first-order valence-electron chi connectivity index (χ1n) is 8.97. The number of fused-ring (bicyclic) bond motifs is 1. The first-order valence-corrected chi connectivity index (χ1v) is 9.35. The van der Waals surface area contributed by atoms with Crippen molar-refractivity contribution >= 4 is 23.5 Å². The molecule has 1 heterocycles. The minimum absolute atomic E-state index is 0.0270. The summed E-state index contributed by atoms with van der Waals surface area (Å²) in [5, 5.41) is 0.299. The monoisotopic (exact) mass is 406 g/mol. The second-order valence-electron chi connectivity index (χ2n) is 6.38. The maximum absolute atomic E-state index is 13.9. The van der Waals surface area contributed by atoms with Crippen LogP contribution in [0.4, 0.5) is 4.39 Å². The molecule has 3 aromatic carbocycles. The average molecular weight is 407 g/mol. The standard InChI is InChI=1S/C24H16ClFO3/c25-20-9-5-10-21(26)19(20)15-28-17-12-13-18-23(14-17)29-22(24(18)27)11-4-8-16-6-2-1-3-7-16/h1-14H,15H2/b8-4+,22-11+. The summed E-state index contributed by atoms with van der Waals surface area (Å²) in [5.74, 6) is 0.479. The highest BCUT2D eigenvalue weighted by atomic mass is 35.5. The van der Waals surface area contributed by atoms with Crippen molar-refractivity contribution in [3.05, 3.63) is 112 Å². The van der Waals surface area contributed by atoms with E-state index in [4.69, 9.17) is 21.1 Å². The van der Waals surface area contributed by atoms with E-state index >= 15 is 0 Å². The van der Waals surface area contributed by atoms with Gasteiger partial charge >= 0.3 is 0 Å². The van der Waals surface area contributed by atoms with Gasteiger partial charge in [-0.2, -0.15) is 0 Å². The van der Waals surface area contributed by atoms with Gasteiger partial charge in [-0.1, -0.05) is 60.2 Å². The quantitative estimate of drug-likeness (QED) is 0.471. The zero-order chi connectivity index (χ0) is 20.2. The summed E-state index contributed by atoms with van der Waals surface area (Å²) < 4.78 is 25.2. The fourth-order valence-electron chi connectivity index (χ4n) is 2.91. The Kier molecular flexibility index (Phi) is 5.45. The highest BCUT2D eigenvalue weighted by Gasteiger charge is 2.27. The molecule has 0 spiro atoms. The molecule has 0 unspecified atom stereocenters. The number of ketones is 1. The smallest absolute Gasteiger partial charge is 0.231 e. The van der Waals surface area contributed by atoms with Crippen LogP contribution in [0.15, 0.2) is 84.6 Å². The first-order chi connectivity index (χ1) is 14.1. The summed E-state index contributed by atoms with van der Waals surface area (Å²) in [6.07, 6.45) is 5.29. The van der Waals surface area contributed by atoms with Gasteiger partial charge in [0, 0.05) is 11.6 Å². The van der Waals surface area contributed by atoms with Crippen LogP contribution in [-0.4, -0.2) is 5.78 Å². The van der Waals surface area contributed by atoms with Gasteiger partial charge in [0.25, 0.3) is 0 Å². The van der Waals surface area contributed by atoms with Gasteiger partial charge < -0.3 is 9.47 Å². The summed E-state index contributed by atoms with van der Waals surface area (Å²) in [6, 6.07) is 19.1. The van der Waals surface area contributed by atoms with Gasteiger partial charge in [-0.25, -0.2) is 4.39 Å². The lowest BCUT2D eigenvalue weighted by atomic mass is 10.1. The van der Waals surface area contributed by atoms with Gasteiger partial charge in [-0.3, -0.25) is 4.79 Å². The van der Waals surface area contributed by atoms with E-state index in [0.29, 0.717) is 22.1 Å². The number of halogens is 2. The molecule has 0 amide bonds. The molecule has 144 valence electrons. The molecule has 0 N–H and O–H groups in total. The maximum Gasteiger partial charge on any atom is 0.231 e. The molecule has 1 aliphatic rings. The summed E-state index contributed by atoms with van der Waals surface area (Å²) in [7, 11) is 0. The molecule has 1 aliphatic heterocycles. The fourth-order valence-corrected chi connectivity index (χ4v) is 3.13. The van der Waals surface area contributed by atoms with Crippen molar-refractivity contribution in [1.29, 1.82) is 0 Å². The second kappa shape index (κ2) is 8.33. The molecule has 0 atom stereocenters. The van der Waals surface area contributed by atoms with Crippen molar-refractivity contribution in [1.82, 2.24) is 0 Å². The lowest BCUT2D eigenvalue weighted by Gasteiger charge is -2.09. The molecule has 0 aromatic heterocycles. The third kappa shape index (κ3) is 4.23. The summed E-state index contributed by atoms with van der Waals surface area (Å²) in [4.78, 5) is 12.5. The Labute approximate surface area is 172 Å². The van der Waals surface area contributed by atoms with Crippen molar-refractivity contribution < 1.29 is 18.7 Å². The molecular weight excluding hydrogens is 391 g/mol. The predicted molar refractivity (Wildman–Crippen MR) is 111 cm³/mol. The van der Waals surface area contributed by atoms with E-state index in [0.717, 1.165) is 5.56 Å². The minimum Gasteiger partial charge on any atom is -0.489 e. The average Bonchev–Trinajstić information content (AvgIpc) is 3.03. The van der Waals surface area contributed by atoms with Crippen LogP contribution in [0.5, 0.6) is 11.5 Å². The topological polar surface area (TPSA) is 35.5 Å². The highest BCUT2D eigenvalue weighted by molar-refractivity contribution is 6.31. The number of ether oxygens (including phenoxy) is 2. The number of benzene rings is 3. The van der Waals surface area contributed by atoms with E-state index in [1.807, 2.05) is 36.4 Å². The molecule has 0 radical (unpaired) electrons. The van der Waals surface area contributed by atoms with Gasteiger partial charge in [-0.05, 0) is 35.9 Å². The Bertz CT molecular complexity index is 1100. The Balaban J connectivity index is 1.47. The normalized spacial score (nSPS) is 14.3. The van der Waals surface area contributed by atoms with Gasteiger partial charge in [0.1, 0.15) is 23.9 Å². The molecule has 3 nitrogen and oxygen atoms in total. The summed E-state index contributed by atoms with van der Waals surface area (Å²) in [5.41, 5.74) is 1.76. The van der Waals surface area contributed by atoms with Gasteiger partial charge in [0.2, 0.25) is 5.78 Å². The minimum atomic E-state index is -0.430. The molecule has 3 aromatic rings. The Morgan fingerprint density at radius 1 is 1.03 bits per heavy atom. The largest absolute Gasteiger partial charge is 0.489 e. The number of allylic oxidation sites excluding steroid dienone is 3. The van der Waals surface area contributed by atoms with Crippen LogP contribution < -0.4 is 9.47 Å². The summed E-state index contributed by atoms with van der Waals surface area (Å²) >= 11 is 6.02. The molecule has 0 bridgehead atoms. The van der Waals surface area contributed by atoms with Crippen LogP contribution in [-0.2, 0) is 6.61 Å². The van der Waals surface area contributed by atoms with Gasteiger partial charge in [-0.15, -0.1) is 0 Å². The van der Waals surface area contributed by atoms with Crippen LogP contribution in [0.3, 0.4) is 0 Å². The predicted octanol–water partition coefficient (Wildman–Crippen LogP) is 6.23. The highest BCUT2D eigenvalue weighted by Crippen LogP contribution is 2.34. The van der Waals surface area contributed by atoms with Crippen LogP contribution in [0.2, 0.25) is 5.02 Å². The van der Waals surface area contributed by atoms with Crippen LogP contribution >= 0.6 is 11.6 Å². The molecule has 29 heavy (non-hydrogen) atoms. The molecule has 4 rings (SSSR count). The first kappa shape index (κ1) is 19.0. The lowest BCUT2D eigenvalue weighted by Crippen LogP contribution is -1.99. The Morgan fingerprint density at radius 3 is 2.66 bits per heavy atom. The SMILES string of the molecule is O=C1/C(=C\C=C\c2ccccc2)Oc2cc(OCc3c(F)cccc3Cl)ccc21. The Hall–Kier alpha value is -3.37. The van der Waals surface area contributed by atoms with Crippen LogP contribution in [0.1, 0.15) is 21.5 Å². The molecular formula is C24H16ClFO3. The van der Waals surface area contributed by atoms with E-state index in [-0.39, 0.29) is 23.7 Å². The molecule has 0 aliphatic carbocycles. The van der Waals surface area contributed by atoms with Crippen molar-refractivity contribution in [2.24, 2.45) is 0 Å². The molecule has 5 heteroatoms. The van der Waals surface area contributed by atoms with Gasteiger partial charge in [0.15, 0.2) is 5.76 Å². The lowest BCUT2D eigenvalue weighted by molar-refractivity contribution is 0.101. The number of hydrogen-bond acceptors (Lipinski definition) is 3. The zero-order valence-electron chi connectivity index (χ0n) is 15.3. The number of hydrogen-bond donors (Lipinski definition) is 0. The van der Waals surface area contributed by atoms with Crippen molar-refractivity contribution in [2.45, 2.75) is 6.61 Å². The number of carbonyl (C=O) groups is 1. The van der Waals surface area contributed by atoms with E-state index in [1.165, 1.54) is 12.1 Å². The fraction of sp³-hybridized carbons (Fsp3) is 0.0417. The molecule has 0 saturated carbocycles. The van der Waals surface area contributed by atoms with Crippen molar-refractivity contribution in [2.75, 3.05) is 0 Å². The molecule has 0 fully saturated rings. The number of rotatable bonds is 5.